The Hall–Kier alpha value is -1.28. The predicted molar refractivity (Wildman–Crippen MR) is 103 cm³/mol. The number of piperazine rings is 1. The van der Waals surface area contributed by atoms with Crippen molar-refractivity contribution in [1.82, 2.24) is 9.97 Å². The topological polar surface area (TPSA) is 63.9 Å². The molecule has 0 radical (unpaired) electrons. The van der Waals surface area contributed by atoms with E-state index in [4.69, 9.17) is 9.72 Å². The highest BCUT2D eigenvalue weighted by atomic mass is 32.1. The van der Waals surface area contributed by atoms with E-state index in [1.54, 1.807) is 16.2 Å². The first kappa shape index (κ1) is 18.1. The number of hydrogen-bond acceptors (Lipinski definition) is 4. The van der Waals surface area contributed by atoms with Gasteiger partial charge in [-0.3, -0.25) is 4.79 Å². The van der Waals surface area contributed by atoms with Crippen LogP contribution in [-0.4, -0.2) is 55.4 Å². The molecular formula is C19H30N4O2S+2. The number of thiophene rings is 1. The van der Waals surface area contributed by atoms with Crippen molar-refractivity contribution < 1.29 is 14.5 Å². The second-order valence-electron chi connectivity index (χ2n) is 7.85. The van der Waals surface area contributed by atoms with Gasteiger partial charge in [-0.1, -0.05) is 0 Å². The van der Waals surface area contributed by atoms with Crippen molar-refractivity contribution in [3.63, 3.8) is 0 Å². The molecule has 6 nitrogen and oxygen atoms in total. The molecule has 0 amide bonds. The summed E-state index contributed by atoms with van der Waals surface area (Å²) in [4.78, 5) is 25.5. The van der Waals surface area contributed by atoms with E-state index in [2.05, 4.69) is 11.9 Å². The number of H-pyrrole nitrogens is 1. The van der Waals surface area contributed by atoms with Crippen LogP contribution < -0.4 is 15.4 Å². The van der Waals surface area contributed by atoms with Gasteiger partial charge in [-0.25, -0.2) is 4.98 Å². The number of hydrogen-bond donors (Lipinski definition) is 3. The smallest absolute Gasteiger partial charge is 0.260 e. The van der Waals surface area contributed by atoms with Gasteiger partial charge in [0, 0.05) is 11.5 Å². The average molecular weight is 379 g/mol. The number of rotatable bonds is 4. The van der Waals surface area contributed by atoms with Gasteiger partial charge in [-0.15, -0.1) is 11.3 Å². The number of nitrogens with zero attached hydrogens (tertiary/aromatic N) is 1. The Kier molecular flexibility index (Phi) is 5.40. The molecule has 7 heteroatoms. The third-order valence-electron chi connectivity index (χ3n) is 5.96. The number of quaternary nitrogens is 2. The van der Waals surface area contributed by atoms with Crippen LogP contribution in [0.3, 0.4) is 0 Å². The summed E-state index contributed by atoms with van der Waals surface area (Å²) >= 11 is 1.63. The molecule has 26 heavy (non-hydrogen) atoms. The van der Waals surface area contributed by atoms with Crippen LogP contribution in [0.2, 0.25) is 0 Å². The zero-order chi connectivity index (χ0) is 18.1. The second kappa shape index (κ2) is 7.76. The first-order valence-electron chi connectivity index (χ1n) is 9.88. The number of nitrogens with one attached hydrogen (secondary N) is 3. The van der Waals surface area contributed by atoms with Crippen LogP contribution >= 0.6 is 11.3 Å². The molecule has 2 aromatic heterocycles. The zero-order valence-corrected chi connectivity index (χ0v) is 16.6. The highest BCUT2D eigenvalue weighted by Gasteiger charge is 2.27. The van der Waals surface area contributed by atoms with E-state index in [9.17, 15) is 4.79 Å². The fourth-order valence-corrected chi connectivity index (χ4v) is 5.30. The lowest BCUT2D eigenvalue weighted by Gasteiger charge is -2.32. The van der Waals surface area contributed by atoms with E-state index in [1.807, 2.05) is 6.92 Å². The molecule has 0 aliphatic carbocycles. The summed E-state index contributed by atoms with van der Waals surface area (Å²) in [6.07, 6.45) is 4.23. The van der Waals surface area contributed by atoms with Crippen molar-refractivity contribution in [3.05, 3.63) is 26.6 Å². The summed E-state index contributed by atoms with van der Waals surface area (Å²) in [5, 5.41) is 0.771. The van der Waals surface area contributed by atoms with Crippen molar-refractivity contribution in [2.75, 3.05) is 39.3 Å². The van der Waals surface area contributed by atoms with Gasteiger partial charge >= 0.3 is 0 Å². The Morgan fingerprint density at radius 2 is 1.96 bits per heavy atom. The lowest BCUT2D eigenvalue weighted by molar-refractivity contribution is -1.02. The van der Waals surface area contributed by atoms with E-state index in [-0.39, 0.29) is 5.56 Å². The third kappa shape index (κ3) is 3.86. The average Bonchev–Trinajstić information content (AvgIpc) is 2.92. The van der Waals surface area contributed by atoms with Crippen LogP contribution in [0.5, 0.6) is 0 Å². The first-order chi connectivity index (χ1) is 12.6. The van der Waals surface area contributed by atoms with Gasteiger partial charge in [-0.05, 0) is 38.7 Å². The summed E-state index contributed by atoms with van der Waals surface area (Å²) < 4.78 is 5.89. The highest BCUT2D eigenvalue weighted by molar-refractivity contribution is 7.18. The summed E-state index contributed by atoms with van der Waals surface area (Å²) in [6, 6.07) is 0. The van der Waals surface area contributed by atoms with Crippen LogP contribution in [-0.2, 0) is 11.3 Å². The molecule has 2 saturated heterocycles. The molecule has 0 saturated carbocycles. The Bertz CT molecular complexity index is 817. The number of ether oxygens (including phenoxy) is 1. The standard InChI is InChI=1S/C19H28N4O2S/c1-13-14(2)26-19-17(13)18(24)20-16(21-19)12-23-8-6-22(7-9-23)11-15-5-3-4-10-25-15/h15H,3-12H2,1-2H3,(H,20,21,24)/p+2/t15-/m1/s1. The first-order valence-corrected chi connectivity index (χ1v) is 10.7. The minimum Gasteiger partial charge on any atom is -0.372 e. The van der Waals surface area contributed by atoms with E-state index in [1.165, 1.54) is 42.1 Å². The molecule has 0 bridgehead atoms. The van der Waals surface area contributed by atoms with Crippen molar-refractivity contribution in [1.29, 1.82) is 0 Å². The van der Waals surface area contributed by atoms with Crippen molar-refractivity contribution in [3.8, 4) is 0 Å². The van der Waals surface area contributed by atoms with Gasteiger partial charge in [0.25, 0.3) is 5.56 Å². The molecule has 3 N–H and O–H groups in total. The summed E-state index contributed by atoms with van der Waals surface area (Å²) in [6.45, 7) is 11.6. The Labute approximate surface area is 158 Å². The van der Waals surface area contributed by atoms with Gasteiger partial charge in [0.1, 0.15) is 50.2 Å². The minimum atomic E-state index is 0.0185. The number of fused-ring (bicyclic) bond motifs is 1. The van der Waals surface area contributed by atoms with E-state index in [0.717, 1.165) is 54.4 Å². The molecule has 0 unspecified atom stereocenters. The molecule has 2 aliphatic heterocycles. The summed E-state index contributed by atoms with van der Waals surface area (Å²) in [7, 11) is 0. The lowest BCUT2D eigenvalue weighted by atomic mass is 10.1. The molecule has 142 valence electrons. The molecule has 2 aromatic rings. The Morgan fingerprint density at radius 1 is 1.19 bits per heavy atom. The van der Waals surface area contributed by atoms with Gasteiger partial charge in [0.2, 0.25) is 0 Å². The van der Waals surface area contributed by atoms with Crippen LogP contribution in [0.15, 0.2) is 4.79 Å². The maximum absolute atomic E-state index is 12.4. The van der Waals surface area contributed by atoms with Crippen LogP contribution in [0, 0.1) is 13.8 Å². The number of aromatic amines is 1. The Morgan fingerprint density at radius 3 is 2.69 bits per heavy atom. The SMILES string of the molecule is Cc1sc2nc(C[NH+]3CC[NH+](C[C@H]4CCCCO4)CC3)[nH]c(=O)c2c1C. The van der Waals surface area contributed by atoms with Crippen LogP contribution in [0.1, 0.15) is 35.5 Å². The predicted octanol–water partition coefficient (Wildman–Crippen LogP) is -0.546. The lowest BCUT2D eigenvalue weighted by Crippen LogP contribution is -3.28. The molecule has 4 rings (SSSR count). The van der Waals surface area contributed by atoms with Gasteiger partial charge < -0.3 is 19.5 Å². The fourth-order valence-electron chi connectivity index (χ4n) is 4.25. The third-order valence-corrected chi connectivity index (χ3v) is 7.06. The van der Waals surface area contributed by atoms with Crippen LogP contribution in [0.25, 0.3) is 10.2 Å². The van der Waals surface area contributed by atoms with Crippen molar-refractivity contribution in [2.45, 2.75) is 45.8 Å². The molecule has 1 atom stereocenters. The van der Waals surface area contributed by atoms with Crippen molar-refractivity contribution >= 4 is 21.6 Å². The van der Waals surface area contributed by atoms with E-state index < -0.39 is 0 Å². The summed E-state index contributed by atoms with van der Waals surface area (Å²) in [5.74, 6) is 0.831. The molecule has 4 heterocycles. The van der Waals surface area contributed by atoms with Gasteiger partial charge in [-0.2, -0.15) is 0 Å². The molecule has 0 aromatic carbocycles. The number of aryl methyl sites for hydroxylation is 2. The van der Waals surface area contributed by atoms with Gasteiger partial charge in [0.05, 0.1) is 5.39 Å². The van der Waals surface area contributed by atoms with Gasteiger partial charge in [0.15, 0.2) is 5.82 Å². The van der Waals surface area contributed by atoms with E-state index in [0.29, 0.717) is 6.10 Å². The van der Waals surface area contributed by atoms with E-state index >= 15 is 0 Å². The largest absolute Gasteiger partial charge is 0.372 e. The zero-order valence-electron chi connectivity index (χ0n) is 15.8. The molecule has 0 spiro atoms. The maximum atomic E-state index is 12.4. The van der Waals surface area contributed by atoms with Crippen LogP contribution in [0.4, 0.5) is 0 Å². The molecule has 2 aliphatic rings. The molecular weight excluding hydrogens is 348 g/mol. The second-order valence-corrected chi connectivity index (χ2v) is 9.05. The van der Waals surface area contributed by atoms with Crippen molar-refractivity contribution in [2.24, 2.45) is 0 Å². The maximum Gasteiger partial charge on any atom is 0.260 e. The quantitative estimate of drug-likeness (QED) is 0.669. The fraction of sp³-hybridized carbons (Fsp3) is 0.684. The highest BCUT2D eigenvalue weighted by Crippen LogP contribution is 2.25. The monoisotopic (exact) mass is 378 g/mol. The Balaban J connectivity index is 1.35. The molecule has 2 fully saturated rings. The summed E-state index contributed by atoms with van der Waals surface area (Å²) in [5.41, 5.74) is 1.09. The number of aromatic nitrogens is 2. The normalized spacial score (nSPS) is 27.1. The minimum absolute atomic E-state index is 0.0185.